The highest BCUT2D eigenvalue weighted by atomic mass is 16.5. The molecular formula is C23H31N7O3. The minimum atomic E-state index is -0.276. The number of H-pyrrole nitrogens is 1. The number of hydrogen-bond donors (Lipinski definition) is 2. The van der Waals surface area contributed by atoms with Crippen LogP contribution in [0.5, 0.6) is 0 Å². The van der Waals surface area contributed by atoms with Crippen molar-refractivity contribution in [2.75, 3.05) is 20.8 Å². The highest BCUT2D eigenvalue weighted by Crippen LogP contribution is 2.45. The summed E-state index contributed by atoms with van der Waals surface area (Å²) in [5.41, 5.74) is 7.97. The first kappa shape index (κ1) is 23.2. The second-order valence-electron chi connectivity index (χ2n) is 8.41. The van der Waals surface area contributed by atoms with Crippen molar-refractivity contribution in [3.8, 4) is 0 Å². The van der Waals surface area contributed by atoms with Crippen LogP contribution in [-0.4, -0.2) is 69.9 Å². The van der Waals surface area contributed by atoms with Crippen molar-refractivity contribution < 1.29 is 14.3 Å². The Labute approximate surface area is 193 Å². The van der Waals surface area contributed by atoms with Crippen LogP contribution in [0, 0.1) is 6.92 Å². The van der Waals surface area contributed by atoms with Gasteiger partial charge in [0.15, 0.2) is 0 Å². The minimum Gasteiger partial charge on any atom is -0.367 e. The van der Waals surface area contributed by atoms with Gasteiger partial charge in [-0.1, -0.05) is 0 Å². The van der Waals surface area contributed by atoms with Crippen LogP contribution in [0.1, 0.15) is 60.9 Å². The third kappa shape index (κ3) is 4.87. The van der Waals surface area contributed by atoms with Gasteiger partial charge < -0.3 is 14.5 Å². The summed E-state index contributed by atoms with van der Waals surface area (Å²) in [7, 11) is 3.42. The molecular weight excluding hydrogens is 422 g/mol. The number of nitrogens with one attached hydrogen (secondary N) is 2. The normalized spacial score (nSPS) is 19.2. The fourth-order valence-corrected chi connectivity index (χ4v) is 4.29. The second-order valence-corrected chi connectivity index (χ2v) is 8.41. The van der Waals surface area contributed by atoms with E-state index in [0.29, 0.717) is 23.0 Å². The van der Waals surface area contributed by atoms with E-state index < -0.39 is 0 Å². The average molecular weight is 454 g/mol. The quantitative estimate of drug-likeness (QED) is 0.418. The first-order valence-electron chi connectivity index (χ1n) is 11.2. The SMILES string of the molecule is COC(C)N(CCc1c(C)[nH]c(/C=C2/C(=O)NN=C2c2nccnn2)c1C1CC1)C(C)OC. The van der Waals surface area contributed by atoms with Crippen LogP contribution in [0.2, 0.25) is 0 Å². The fourth-order valence-electron chi connectivity index (χ4n) is 4.29. The number of rotatable bonds is 10. The average Bonchev–Trinajstić information content (AvgIpc) is 3.54. The van der Waals surface area contributed by atoms with Crippen molar-refractivity contribution in [1.82, 2.24) is 30.5 Å². The Hall–Kier alpha value is -2.95. The molecule has 1 amide bonds. The van der Waals surface area contributed by atoms with E-state index in [9.17, 15) is 4.79 Å². The highest BCUT2D eigenvalue weighted by molar-refractivity contribution is 6.32. The molecule has 0 saturated heterocycles. The molecule has 0 radical (unpaired) electrons. The Morgan fingerprint density at radius 2 is 1.94 bits per heavy atom. The van der Waals surface area contributed by atoms with E-state index in [1.54, 1.807) is 14.2 Å². The molecule has 1 saturated carbocycles. The molecule has 33 heavy (non-hydrogen) atoms. The van der Waals surface area contributed by atoms with Crippen molar-refractivity contribution in [2.24, 2.45) is 5.10 Å². The van der Waals surface area contributed by atoms with Gasteiger partial charge in [-0.25, -0.2) is 10.4 Å². The summed E-state index contributed by atoms with van der Waals surface area (Å²) < 4.78 is 11.1. The summed E-state index contributed by atoms with van der Waals surface area (Å²) in [6.07, 6.45) is 7.90. The summed E-state index contributed by atoms with van der Waals surface area (Å²) in [5, 5.41) is 12.0. The fraction of sp³-hybridized carbons (Fsp3) is 0.522. The lowest BCUT2D eigenvalue weighted by Crippen LogP contribution is -2.43. The van der Waals surface area contributed by atoms with Crippen LogP contribution < -0.4 is 5.43 Å². The van der Waals surface area contributed by atoms with Gasteiger partial charge in [-0.15, -0.1) is 5.10 Å². The van der Waals surface area contributed by atoms with Gasteiger partial charge in [-0.05, 0) is 63.2 Å². The van der Waals surface area contributed by atoms with Crippen molar-refractivity contribution in [2.45, 2.75) is 58.4 Å². The molecule has 2 aromatic heterocycles. The maximum absolute atomic E-state index is 12.6. The van der Waals surface area contributed by atoms with Crippen LogP contribution in [0.4, 0.5) is 0 Å². The smallest absolute Gasteiger partial charge is 0.273 e. The second kappa shape index (κ2) is 9.90. The van der Waals surface area contributed by atoms with Gasteiger partial charge in [0.05, 0.1) is 11.8 Å². The van der Waals surface area contributed by atoms with Crippen LogP contribution in [0.25, 0.3) is 6.08 Å². The number of aromatic amines is 1. The van der Waals surface area contributed by atoms with Crippen LogP contribution in [0.15, 0.2) is 23.1 Å². The molecule has 4 rings (SSSR count). The number of hydrogen-bond acceptors (Lipinski definition) is 8. The number of amides is 1. The number of aromatic nitrogens is 4. The lowest BCUT2D eigenvalue weighted by Gasteiger charge is -2.32. The molecule has 1 fully saturated rings. The van der Waals surface area contributed by atoms with Gasteiger partial charge in [-0.2, -0.15) is 10.2 Å². The summed E-state index contributed by atoms with van der Waals surface area (Å²) in [6, 6.07) is 0. The van der Waals surface area contributed by atoms with Gasteiger partial charge in [-0.3, -0.25) is 9.69 Å². The Kier molecular flexibility index (Phi) is 6.96. The van der Waals surface area contributed by atoms with Crippen molar-refractivity contribution in [3.63, 3.8) is 0 Å². The van der Waals surface area contributed by atoms with Crippen LogP contribution in [-0.2, 0) is 20.7 Å². The van der Waals surface area contributed by atoms with Crippen molar-refractivity contribution in [3.05, 3.63) is 46.3 Å². The number of aryl methyl sites for hydroxylation is 1. The Morgan fingerprint density at radius 3 is 2.55 bits per heavy atom. The Bertz CT molecular complexity index is 1050. The Balaban J connectivity index is 1.65. The third-order valence-corrected chi connectivity index (χ3v) is 6.36. The first-order valence-corrected chi connectivity index (χ1v) is 11.2. The number of carbonyl (C=O) groups excluding carboxylic acids is 1. The molecule has 3 heterocycles. The summed E-state index contributed by atoms with van der Waals surface area (Å²) in [6.45, 7) is 6.92. The van der Waals surface area contributed by atoms with E-state index in [4.69, 9.17) is 9.47 Å². The molecule has 2 aliphatic rings. The van der Waals surface area contributed by atoms with E-state index in [1.165, 1.54) is 23.5 Å². The molecule has 2 N–H and O–H groups in total. The molecule has 0 spiro atoms. The molecule has 2 atom stereocenters. The maximum atomic E-state index is 12.6. The van der Waals surface area contributed by atoms with Gasteiger partial charge in [0.25, 0.3) is 5.91 Å². The molecule has 1 aliphatic heterocycles. The van der Waals surface area contributed by atoms with E-state index in [0.717, 1.165) is 37.2 Å². The summed E-state index contributed by atoms with van der Waals surface area (Å²) >= 11 is 0. The van der Waals surface area contributed by atoms with Crippen molar-refractivity contribution >= 4 is 17.7 Å². The zero-order valence-corrected chi connectivity index (χ0v) is 19.8. The number of nitrogens with zero attached hydrogens (tertiary/aromatic N) is 5. The molecule has 10 heteroatoms. The van der Waals surface area contributed by atoms with Crippen LogP contribution >= 0.6 is 0 Å². The van der Waals surface area contributed by atoms with Gasteiger partial charge in [0.2, 0.25) is 5.82 Å². The maximum Gasteiger partial charge on any atom is 0.273 e. The third-order valence-electron chi connectivity index (χ3n) is 6.36. The molecule has 10 nitrogen and oxygen atoms in total. The lowest BCUT2D eigenvalue weighted by molar-refractivity contribution is -0.116. The zero-order valence-electron chi connectivity index (χ0n) is 19.8. The van der Waals surface area contributed by atoms with E-state index in [1.807, 2.05) is 19.9 Å². The molecule has 0 bridgehead atoms. The zero-order chi connectivity index (χ0) is 23.5. The molecule has 0 aromatic carbocycles. The standard InChI is InChI=1S/C23H31N7O3/c1-13-17(8-11-30(14(2)32-4)15(3)33-5)20(16-6-7-16)19(26-13)12-18-21(27-29-23(18)31)22-24-9-10-25-28-22/h9-10,12,14-16,26H,6-8,11H2,1-5H3,(H,29,31)/b18-12+. The van der Waals surface area contributed by atoms with E-state index in [-0.39, 0.29) is 18.4 Å². The number of methoxy groups -OCH3 is 2. The monoisotopic (exact) mass is 453 g/mol. The number of ether oxygens (including phenoxy) is 2. The molecule has 2 aromatic rings. The number of hydrazone groups is 1. The Morgan fingerprint density at radius 1 is 1.21 bits per heavy atom. The largest absolute Gasteiger partial charge is 0.367 e. The number of carbonyl (C=O) groups is 1. The van der Waals surface area contributed by atoms with Crippen LogP contribution in [0.3, 0.4) is 0 Å². The van der Waals surface area contributed by atoms with Crippen molar-refractivity contribution in [1.29, 1.82) is 0 Å². The first-order chi connectivity index (χ1) is 15.9. The van der Waals surface area contributed by atoms with E-state index >= 15 is 0 Å². The minimum absolute atomic E-state index is 0.0643. The molecule has 176 valence electrons. The highest BCUT2D eigenvalue weighted by Gasteiger charge is 2.33. The van der Waals surface area contributed by atoms with Gasteiger partial charge in [0.1, 0.15) is 18.2 Å². The lowest BCUT2D eigenvalue weighted by atomic mass is 9.99. The topological polar surface area (TPSA) is 118 Å². The summed E-state index contributed by atoms with van der Waals surface area (Å²) in [5.74, 6) is 0.530. The molecule has 1 aliphatic carbocycles. The predicted octanol–water partition coefficient (Wildman–Crippen LogP) is 2.13. The van der Waals surface area contributed by atoms with E-state index in [2.05, 4.69) is 42.5 Å². The van der Waals surface area contributed by atoms with Gasteiger partial charge >= 0.3 is 0 Å². The summed E-state index contributed by atoms with van der Waals surface area (Å²) in [4.78, 5) is 22.5. The predicted molar refractivity (Wildman–Crippen MR) is 123 cm³/mol. The van der Waals surface area contributed by atoms with Gasteiger partial charge in [0, 0.05) is 38.3 Å². The molecule has 2 unspecified atom stereocenters.